The smallest absolute Gasteiger partial charge is 0.410 e. The van der Waals surface area contributed by atoms with E-state index < -0.39 is 6.04 Å². The monoisotopic (exact) mass is 427 g/mol. The Morgan fingerprint density at radius 1 is 1.16 bits per heavy atom. The highest BCUT2D eigenvalue weighted by Crippen LogP contribution is 2.24. The van der Waals surface area contributed by atoms with E-state index >= 15 is 0 Å². The fourth-order valence-corrected chi connectivity index (χ4v) is 3.68. The second-order valence-electron chi connectivity index (χ2n) is 9.15. The van der Waals surface area contributed by atoms with Gasteiger partial charge >= 0.3 is 6.09 Å². The highest BCUT2D eigenvalue weighted by Gasteiger charge is 2.35. The van der Waals surface area contributed by atoms with Crippen LogP contribution in [0.25, 0.3) is 0 Å². The fourth-order valence-electron chi connectivity index (χ4n) is 3.68. The number of benzene rings is 1. The van der Waals surface area contributed by atoms with Gasteiger partial charge in [-0.25, -0.2) is 4.79 Å². The van der Waals surface area contributed by atoms with Crippen LogP contribution in [0.4, 0.5) is 4.79 Å². The molecule has 2 N–H and O–H groups in total. The highest BCUT2D eigenvalue weighted by molar-refractivity contribution is 5.82. The van der Waals surface area contributed by atoms with Crippen LogP contribution in [0.5, 0.6) is 0 Å². The van der Waals surface area contributed by atoms with Crippen LogP contribution in [0, 0.1) is 5.41 Å². The lowest BCUT2D eigenvalue weighted by molar-refractivity contribution is -0.136. The summed E-state index contributed by atoms with van der Waals surface area (Å²) in [6.45, 7) is 7.58. The summed E-state index contributed by atoms with van der Waals surface area (Å²) >= 11 is 0. The van der Waals surface area contributed by atoms with Crippen LogP contribution < -0.4 is 5.73 Å². The molecule has 3 rings (SSSR count). The summed E-state index contributed by atoms with van der Waals surface area (Å²) in [5.74, 6) is 0.667. The number of likely N-dealkylation sites (tertiary alicyclic amines) is 1. The molecule has 1 aromatic heterocycles. The van der Waals surface area contributed by atoms with E-state index in [1.165, 1.54) is 0 Å². The largest absolute Gasteiger partial charge is 0.467 e. The predicted octanol–water partition coefficient (Wildman–Crippen LogP) is 3.78. The van der Waals surface area contributed by atoms with Gasteiger partial charge in [0.25, 0.3) is 0 Å². The molecule has 1 aliphatic heterocycles. The minimum atomic E-state index is -0.542. The highest BCUT2D eigenvalue weighted by atomic mass is 16.6. The molecule has 31 heavy (non-hydrogen) atoms. The number of carbonyl (C=O) groups excluding carboxylic acids is 2. The Morgan fingerprint density at radius 3 is 2.42 bits per heavy atom. The minimum absolute atomic E-state index is 0.0322. The standard InChI is InChI=1S/C24H33N3O4/c1-24(2,3)21(25)22(28)26-13-11-19(12-14-26)27(16-20-10-7-15-30-20)23(29)31-17-18-8-5-4-6-9-18/h4-10,15,19,21H,11-14,16-17,25H2,1-3H3/t21-/m1/s1. The third-order valence-electron chi connectivity index (χ3n) is 5.76. The lowest BCUT2D eigenvalue weighted by Crippen LogP contribution is -2.54. The topological polar surface area (TPSA) is 89.0 Å². The molecular weight excluding hydrogens is 394 g/mol. The van der Waals surface area contributed by atoms with Gasteiger partial charge in [0.2, 0.25) is 5.91 Å². The van der Waals surface area contributed by atoms with Gasteiger partial charge in [-0.3, -0.25) is 9.69 Å². The Balaban J connectivity index is 1.63. The molecule has 1 atom stereocenters. The molecule has 1 saturated heterocycles. The zero-order valence-corrected chi connectivity index (χ0v) is 18.6. The van der Waals surface area contributed by atoms with Gasteiger partial charge in [0.05, 0.1) is 18.8 Å². The summed E-state index contributed by atoms with van der Waals surface area (Å²) in [6.07, 6.45) is 2.56. The maximum atomic E-state index is 13.0. The predicted molar refractivity (Wildman–Crippen MR) is 118 cm³/mol. The van der Waals surface area contributed by atoms with Crippen LogP contribution >= 0.6 is 0 Å². The molecule has 0 unspecified atom stereocenters. The van der Waals surface area contributed by atoms with Crippen LogP contribution in [0.3, 0.4) is 0 Å². The second kappa shape index (κ2) is 10.0. The van der Waals surface area contributed by atoms with E-state index in [1.807, 2.05) is 62.1 Å². The first-order chi connectivity index (χ1) is 14.8. The first kappa shape index (κ1) is 22.9. The molecule has 168 valence electrons. The summed E-state index contributed by atoms with van der Waals surface area (Å²) in [7, 11) is 0. The lowest BCUT2D eigenvalue weighted by Gasteiger charge is -2.39. The Morgan fingerprint density at radius 2 is 1.84 bits per heavy atom. The molecule has 0 spiro atoms. The zero-order chi connectivity index (χ0) is 22.4. The first-order valence-electron chi connectivity index (χ1n) is 10.8. The van der Waals surface area contributed by atoms with E-state index in [4.69, 9.17) is 14.9 Å². The number of ether oxygens (including phenoxy) is 1. The van der Waals surface area contributed by atoms with E-state index in [-0.39, 0.29) is 30.1 Å². The molecule has 1 aliphatic rings. The number of rotatable bonds is 6. The van der Waals surface area contributed by atoms with Crippen molar-refractivity contribution in [1.29, 1.82) is 0 Å². The molecule has 0 radical (unpaired) electrons. The van der Waals surface area contributed by atoms with Gasteiger partial charge in [-0.1, -0.05) is 51.1 Å². The van der Waals surface area contributed by atoms with Gasteiger partial charge < -0.3 is 19.8 Å². The van der Waals surface area contributed by atoms with E-state index in [1.54, 1.807) is 17.2 Å². The Kier molecular flexibility index (Phi) is 7.38. The van der Waals surface area contributed by atoms with Gasteiger partial charge in [-0.15, -0.1) is 0 Å². The molecule has 0 bridgehead atoms. The molecule has 0 saturated carbocycles. The number of piperidine rings is 1. The maximum Gasteiger partial charge on any atom is 0.410 e. The van der Waals surface area contributed by atoms with E-state index in [0.717, 1.165) is 5.56 Å². The fraction of sp³-hybridized carbons (Fsp3) is 0.500. The van der Waals surface area contributed by atoms with Crippen LogP contribution in [0.2, 0.25) is 0 Å². The summed E-state index contributed by atoms with van der Waals surface area (Å²) in [4.78, 5) is 29.2. The summed E-state index contributed by atoms with van der Waals surface area (Å²) in [5, 5.41) is 0. The number of furan rings is 1. The van der Waals surface area contributed by atoms with Crippen molar-refractivity contribution in [2.24, 2.45) is 11.1 Å². The third kappa shape index (κ3) is 6.10. The molecule has 7 heteroatoms. The van der Waals surface area contributed by atoms with Crippen molar-refractivity contribution in [3.05, 3.63) is 60.1 Å². The normalized spacial score (nSPS) is 16.1. The number of hydrogen-bond donors (Lipinski definition) is 1. The van der Waals surface area contributed by atoms with Gasteiger partial charge in [0, 0.05) is 19.1 Å². The zero-order valence-electron chi connectivity index (χ0n) is 18.6. The summed E-state index contributed by atoms with van der Waals surface area (Å²) in [6, 6.07) is 12.7. The van der Waals surface area contributed by atoms with Crippen LogP contribution in [0.15, 0.2) is 53.1 Å². The van der Waals surface area contributed by atoms with E-state index in [9.17, 15) is 9.59 Å². The van der Waals surface area contributed by atoms with Crippen LogP contribution in [-0.4, -0.2) is 47.0 Å². The number of carbonyl (C=O) groups is 2. The third-order valence-corrected chi connectivity index (χ3v) is 5.76. The molecule has 7 nitrogen and oxygen atoms in total. The van der Waals surface area contributed by atoms with Crippen molar-refractivity contribution in [3.63, 3.8) is 0 Å². The molecule has 2 aromatic rings. The second-order valence-corrected chi connectivity index (χ2v) is 9.15. The van der Waals surface area contributed by atoms with Gasteiger partial charge in [0.15, 0.2) is 0 Å². The van der Waals surface area contributed by atoms with Crippen molar-refractivity contribution >= 4 is 12.0 Å². The average molecular weight is 428 g/mol. The van der Waals surface area contributed by atoms with Gasteiger partial charge in [-0.05, 0) is 36.0 Å². The number of nitrogens with zero attached hydrogens (tertiary/aromatic N) is 2. The maximum absolute atomic E-state index is 13.0. The molecular formula is C24H33N3O4. The Bertz CT molecular complexity index is 837. The first-order valence-corrected chi connectivity index (χ1v) is 10.8. The van der Waals surface area contributed by atoms with Crippen molar-refractivity contribution in [2.45, 2.75) is 58.8 Å². The minimum Gasteiger partial charge on any atom is -0.467 e. The molecule has 1 aromatic carbocycles. The quantitative estimate of drug-likeness (QED) is 0.758. The number of amides is 2. The van der Waals surface area contributed by atoms with Crippen molar-refractivity contribution in [1.82, 2.24) is 9.80 Å². The Hall–Kier alpha value is -2.80. The van der Waals surface area contributed by atoms with Crippen molar-refractivity contribution in [2.75, 3.05) is 13.1 Å². The molecule has 1 fully saturated rings. The van der Waals surface area contributed by atoms with Gasteiger partial charge in [0.1, 0.15) is 12.4 Å². The Labute approximate surface area is 184 Å². The lowest BCUT2D eigenvalue weighted by atomic mass is 9.86. The SMILES string of the molecule is CC(C)(C)[C@H](N)C(=O)N1CCC(N(Cc2ccco2)C(=O)OCc2ccccc2)CC1. The van der Waals surface area contributed by atoms with Crippen molar-refractivity contribution < 1.29 is 18.7 Å². The number of nitrogens with two attached hydrogens (primary N) is 1. The van der Waals surface area contributed by atoms with E-state index in [2.05, 4.69) is 0 Å². The summed E-state index contributed by atoms with van der Waals surface area (Å²) < 4.78 is 11.1. The van der Waals surface area contributed by atoms with Gasteiger partial charge in [-0.2, -0.15) is 0 Å². The number of hydrogen-bond acceptors (Lipinski definition) is 5. The molecule has 2 amide bonds. The summed E-state index contributed by atoms with van der Waals surface area (Å²) in [5.41, 5.74) is 6.81. The van der Waals surface area contributed by atoms with Crippen molar-refractivity contribution in [3.8, 4) is 0 Å². The molecule has 2 heterocycles. The van der Waals surface area contributed by atoms with Crippen LogP contribution in [0.1, 0.15) is 44.9 Å². The molecule has 0 aliphatic carbocycles. The average Bonchev–Trinajstić information content (AvgIpc) is 3.28. The van der Waals surface area contributed by atoms with E-state index in [0.29, 0.717) is 38.2 Å². The van der Waals surface area contributed by atoms with Crippen LogP contribution in [-0.2, 0) is 22.7 Å².